The summed E-state index contributed by atoms with van der Waals surface area (Å²) in [5.74, 6) is -0.806. The van der Waals surface area contributed by atoms with Gasteiger partial charge in [0.25, 0.3) is 5.91 Å². The van der Waals surface area contributed by atoms with E-state index in [1.165, 1.54) is 30.3 Å². The van der Waals surface area contributed by atoms with E-state index in [-0.39, 0.29) is 16.8 Å². The quantitative estimate of drug-likeness (QED) is 0.703. The fraction of sp³-hybridized carbons (Fsp3) is 0.118. The summed E-state index contributed by atoms with van der Waals surface area (Å²) < 4.78 is 11.1. The van der Waals surface area contributed by atoms with Gasteiger partial charge in [-0.25, -0.2) is 9.59 Å². The van der Waals surface area contributed by atoms with Crippen LogP contribution in [0.25, 0.3) is 0 Å². The Kier molecular flexibility index (Phi) is 5.08. The number of urea groups is 1. The number of aromatic carboxylic acids is 1. The lowest BCUT2D eigenvalue weighted by atomic mass is 10.2. The van der Waals surface area contributed by atoms with Gasteiger partial charge in [0.15, 0.2) is 11.5 Å². The maximum Gasteiger partial charge on any atom is 0.336 e. The smallest absolute Gasteiger partial charge is 0.336 e. The lowest BCUT2D eigenvalue weighted by molar-refractivity contribution is 0.0695. The number of nitrogens with one attached hydrogen (secondary N) is 2. The number of amides is 3. The van der Waals surface area contributed by atoms with Crippen molar-refractivity contribution in [3.63, 3.8) is 0 Å². The zero-order valence-electron chi connectivity index (χ0n) is 13.2. The standard InChI is InChI=1S/C17H13BrN2O6/c18-12-3-2-10(8-11(12)16(22)23)19-17(24)20-15(21)9-1-4-13-14(7-9)26-6-5-25-13/h1-4,7-8H,5-6H2,(H,22,23)(H2,19,20,21,24). The first-order chi connectivity index (χ1) is 12.4. The number of carbonyl (C=O) groups excluding carboxylic acids is 2. The molecule has 0 fully saturated rings. The number of halogens is 1. The molecule has 2 aromatic rings. The van der Waals surface area contributed by atoms with E-state index in [0.717, 1.165) is 0 Å². The van der Waals surface area contributed by atoms with Gasteiger partial charge in [0.1, 0.15) is 13.2 Å². The van der Waals surface area contributed by atoms with E-state index in [4.69, 9.17) is 14.6 Å². The first kappa shape index (κ1) is 17.7. The number of imide groups is 1. The minimum absolute atomic E-state index is 0.0130. The van der Waals surface area contributed by atoms with E-state index in [0.29, 0.717) is 29.2 Å². The summed E-state index contributed by atoms with van der Waals surface area (Å²) in [5.41, 5.74) is 0.450. The fourth-order valence-corrected chi connectivity index (χ4v) is 2.71. The predicted octanol–water partition coefficient (Wildman–Crippen LogP) is 2.88. The third-order valence-electron chi connectivity index (χ3n) is 3.49. The second-order valence-electron chi connectivity index (χ2n) is 5.27. The van der Waals surface area contributed by atoms with E-state index >= 15 is 0 Å². The Labute approximate surface area is 156 Å². The predicted molar refractivity (Wildman–Crippen MR) is 95.0 cm³/mol. The van der Waals surface area contributed by atoms with Crippen LogP contribution in [0.2, 0.25) is 0 Å². The first-order valence-corrected chi connectivity index (χ1v) is 8.28. The van der Waals surface area contributed by atoms with Crippen molar-refractivity contribution in [1.82, 2.24) is 5.32 Å². The number of hydrogen-bond donors (Lipinski definition) is 3. The summed E-state index contributed by atoms with van der Waals surface area (Å²) in [5, 5.41) is 13.7. The molecule has 0 radical (unpaired) electrons. The summed E-state index contributed by atoms with van der Waals surface area (Å²) in [6.45, 7) is 0.820. The molecule has 1 heterocycles. The molecule has 3 N–H and O–H groups in total. The van der Waals surface area contributed by atoms with Gasteiger partial charge in [-0.2, -0.15) is 0 Å². The van der Waals surface area contributed by atoms with Gasteiger partial charge in [0.2, 0.25) is 0 Å². The molecule has 0 saturated carbocycles. The number of anilines is 1. The third-order valence-corrected chi connectivity index (χ3v) is 4.18. The summed E-state index contributed by atoms with van der Waals surface area (Å²) in [4.78, 5) is 35.3. The second-order valence-corrected chi connectivity index (χ2v) is 6.12. The van der Waals surface area contributed by atoms with Crippen molar-refractivity contribution in [2.45, 2.75) is 0 Å². The van der Waals surface area contributed by atoms with E-state index in [9.17, 15) is 14.4 Å². The van der Waals surface area contributed by atoms with Crippen molar-refractivity contribution >= 4 is 39.5 Å². The van der Waals surface area contributed by atoms with Crippen LogP contribution >= 0.6 is 15.9 Å². The number of hydrogen-bond acceptors (Lipinski definition) is 5. The molecular formula is C17H13BrN2O6. The molecular weight excluding hydrogens is 408 g/mol. The molecule has 134 valence electrons. The molecule has 1 aliphatic rings. The number of rotatable bonds is 3. The van der Waals surface area contributed by atoms with Crippen molar-refractivity contribution in [2.75, 3.05) is 18.5 Å². The fourth-order valence-electron chi connectivity index (χ4n) is 2.29. The SMILES string of the molecule is O=C(NC(=O)c1ccc2c(c1)OCCO2)Nc1ccc(Br)c(C(=O)O)c1. The van der Waals surface area contributed by atoms with Crippen LogP contribution in [-0.4, -0.2) is 36.2 Å². The lowest BCUT2D eigenvalue weighted by Crippen LogP contribution is -2.34. The Morgan fingerprint density at radius 3 is 2.46 bits per heavy atom. The molecule has 0 atom stereocenters. The van der Waals surface area contributed by atoms with Crippen LogP contribution in [-0.2, 0) is 0 Å². The number of carboxylic acid groups (broad SMARTS) is 1. The number of fused-ring (bicyclic) bond motifs is 1. The van der Waals surface area contributed by atoms with Crippen LogP contribution in [0, 0.1) is 0 Å². The third kappa shape index (κ3) is 3.94. The first-order valence-electron chi connectivity index (χ1n) is 7.49. The van der Waals surface area contributed by atoms with Gasteiger partial charge in [0.05, 0.1) is 5.56 Å². The monoisotopic (exact) mass is 420 g/mol. The Balaban J connectivity index is 1.67. The highest BCUT2D eigenvalue weighted by Crippen LogP contribution is 2.30. The van der Waals surface area contributed by atoms with Crippen LogP contribution in [0.4, 0.5) is 10.5 Å². The van der Waals surface area contributed by atoms with Gasteiger partial charge < -0.3 is 19.9 Å². The average Bonchev–Trinajstić information content (AvgIpc) is 2.62. The Morgan fingerprint density at radius 2 is 1.73 bits per heavy atom. The lowest BCUT2D eigenvalue weighted by Gasteiger charge is -2.18. The van der Waals surface area contributed by atoms with Gasteiger partial charge >= 0.3 is 12.0 Å². The van der Waals surface area contributed by atoms with Crippen molar-refractivity contribution in [1.29, 1.82) is 0 Å². The van der Waals surface area contributed by atoms with E-state index < -0.39 is 17.9 Å². The van der Waals surface area contributed by atoms with Gasteiger partial charge in [-0.15, -0.1) is 0 Å². The van der Waals surface area contributed by atoms with Gasteiger partial charge in [-0.3, -0.25) is 10.1 Å². The van der Waals surface area contributed by atoms with Gasteiger partial charge in [0, 0.05) is 15.7 Å². The Bertz CT molecular complexity index is 899. The minimum atomic E-state index is -1.15. The molecule has 26 heavy (non-hydrogen) atoms. The summed E-state index contributed by atoms with van der Waals surface area (Å²) in [6.07, 6.45) is 0. The molecule has 0 aromatic heterocycles. The Hall–Kier alpha value is -3.07. The van der Waals surface area contributed by atoms with E-state index in [1.54, 1.807) is 6.07 Å². The normalized spacial score (nSPS) is 12.2. The number of carbonyl (C=O) groups is 3. The molecule has 0 bridgehead atoms. The van der Waals surface area contributed by atoms with Crippen molar-refractivity contribution in [3.8, 4) is 11.5 Å². The topological polar surface area (TPSA) is 114 Å². The number of ether oxygens (including phenoxy) is 2. The maximum atomic E-state index is 12.2. The van der Waals surface area contributed by atoms with Gasteiger partial charge in [-0.05, 0) is 52.3 Å². The highest BCUT2D eigenvalue weighted by molar-refractivity contribution is 9.10. The van der Waals surface area contributed by atoms with Crippen molar-refractivity contribution < 1.29 is 29.0 Å². The van der Waals surface area contributed by atoms with Crippen LogP contribution in [0.3, 0.4) is 0 Å². The molecule has 2 aromatic carbocycles. The summed E-state index contributed by atoms with van der Waals surface area (Å²) >= 11 is 3.11. The van der Waals surface area contributed by atoms with Crippen molar-refractivity contribution in [3.05, 3.63) is 52.0 Å². The van der Waals surface area contributed by atoms with Crippen LogP contribution in [0.1, 0.15) is 20.7 Å². The largest absolute Gasteiger partial charge is 0.486 e. The molecule has 3 rings (SSSR count). The zero-order chi connectivity index (χ0) is 18.7. The van der Waals surface area contributed by atoms with Crippen LogP contribution < -0.4 is 20.1 Å². The second kappa shape index (κ2) is 7.44. The van der Waals surface area contributed by atoms with Crippen molar-refractivity contribution in [2.24, 2.45) is 0 Å². The minimum Gasteiger partial charge on any atom is -0.486 e. The maximum absolute atomic E-state index is 12.2. The Morgan fingerprint density at radius 1 is 1.00 bits per heavy atom. The van der Waals surface area contributed by atoms with Crippen LogP contribution in [0.15, 0.2) is 40.9 Å². The summed E-state index contributed by atoms with van der Waals surface area (Å²) in [7, 11) is 0. The molecule has 0 unspecified atom stereocenters. The number of benzene rings is 2. The molecule has 0 aliphatic carbocycles. The van der Waals surface area contributed by atoms with E-state index in [2.05, 4.69) is 26.6 Å². The zero-order valence-corrected chi connectivity index (χ0v) is 14.8. The highest BCUT2D eigenvalue weighted by Gasteiger charge is 2.17. The molecule has 9 heteroatoms. The molecule has 8 nitrogen and oxygen atoms in total. The number of carboxylic acids is 1. The molecule has 3 amide bonds. The average molecular weight is 421 g/mol. The summed E-state index contributed by atoms with van der Waals surface area (Å²) in [6, 6.07) is 8.07. The van der Waals surface area contributed by atoms with E-state index in [1.807, 2.05) is 0 Å². The highest BCUT2D eigenvalue weighted by atomic mass is 79.9. The molecule has 0 saturated heterocycles. The van der Waals surface area contributed by atoms with Gasteiger partial charge in [-0.1, -0.05) is 0 Å². The van der Waals surface area contributed by atoms with Crippen LogP contribution in [0.5, 0.6) is 11.5 Å². The molecule has 0 spiro atoms. The molecule has 1 aliphatic heterocycles.